The number of H-pyrrole nitrogens is 1. The van der Waals surface area contributed by atoms with Gasteiger partial charge >= 0.3 is 5.69 Å². The zero-order valence-corrected chi connectivity index (χ0v) is 10.9. The lowest BCUT2D eigenvalue weighted by Gasteiger charge is -2.13. The molecule has 2 atom stereocenters. The Morgan fingerprint density at radius 3 is 2.79 bits per heavy atom. The summed E-state index contributed by atoms with van der Waals surface area (Å²) in [5.74, 6) is 2.38. The van der Waals surface area contributed by atoms with Gasteiger partial charge in [-0.3, -0.25) is 9.55 Å². The lowest BCUT2D eigenvalue weighted by atomic mass is 10.2. The molecule has 2 radical (unpaired) electrons. The van der Waals surface area contributed by atoms with Crippen molar-refractivity contribution in [3.63, 3.8) is 0 Å². The van der Waals surface area contributed by atoms with Gasteiger partial charge in [-0.25, -0.2) is 4.79 Å². The van der Waals surface area contributed by atoms with Gasteiger partial charge in [-0.15, -0.1) is 6.42 Å². The van der Waals surface area contributed by atoms with Gasteiger partial charge in [0.25, 0.3) is 0 Å². The Morgan fingerprint density at radius 1 is 1.68 bits per heavy atom. The monoisotopic (exact) mass is 280 g/mol. The second-order valence-corrected chi connectivity index (χ2v) is 4.07. The van der Waals surface area contributed by atoms with Gasteiger partial charge < -0.3 is 14.9 Å². The SMILES string of the molecule is C#Cc1cn(C2CC[C@@H](O)O2)c(=O)[nH]c1=S.[B]CO. The molecule has 0 spiro atoms. The van der Waals surface area contributed by atoms with E-state index in [1.54, 1.807) is 0 Å². The first kappa shape index (κ1) is 15.7. The molecule has 1 saturated heterocycles. The third-order valence-corrected chi connectivity index (χ3v) is 2.73. The summed E-state index contributed by atoms with van der Waals surface area (Å²) < 4.78 is 6.72. The van der Waals surface area contributed by atoms with Crippen LogP contribution in [-0.4, -0.2) is 40.4 Å². The molecule has 1 fully saturated rings. The third kappa shape index (κ3) is 4.04. The van der Waals surface area contributed by atoms with Gasteiger partial charge in [-0.1, -0.05) is 18.1 Å². The fourth-order valence-electron chi connectivity index (χ4n) is 1.61. The number of aliphatic hydroxyl groups excluding tert-OH is 2. The van der Waals surface area contributed by atoms with Crippen molar-refractivity contribution in [1.29, 1.82) is 0 Å². The van der Waals surface area contributed by atoms with Gasteiger partial charge in [-0.05, 0) is 6.42 Å². The van der Waals surface area contributed by atoms with Crippen molar-refractivity contribution < 1.29 is 14.9 Å². The van der Waals surface area contributed by atoms with Crippen molar-refractivity contribution in [2.24, 2.45) is 0 Å². The van der Waals surface area contributed by atoms with Crippen LogP contribution in [-0.2, 0) is 4.74 Å². The van der Waals surface area contributed by atoms with Crippen LogP contribution in [0.5, 0.6) is 0 Å². The van der Waals surface area contributed by atoms with Crippen molar-refractivity contribution in [2.75, 3.05) is 6.51 Å². The van der Waals surface area contributed by atoms with Crippen LogP contribution >= 0.6 is 12.2 Å². The molecular formula is C11H13BN2O4S. The topological polar surface area (TPSA) is 87.5 Å². The van der Waals surface area contributed by atoms with E-state index in [-0.39, 0.29) is 16.8 Å². The van der Waals surface area contributed by atoms with Crippen molar-refractivity contribution in [2.45, 2.75) is 25.4 Å². The summed E-state index contributed by atoms with van der Waals surface area (Å²) in [6.07, 6.45) is 6.48. The van der Waals surface area contributed by atoms with E-state index in [9.17, 15) is 9.90 Å². The number of aromatic nitrogens is 2. The van der Waals surface area contributed by atoms with Gasteiger partial charge in [0.1, 0.15) is 18.7 Å². The van der Waals surface area contributed by atoms with Crippen LogP contribution in [0.25, 0.3) is 0 Å². The molecule has 100 valence electrons. The second kappa shape index (κ2) is 7.26. The Bertz CT molecular complexity index is 577. The molecule has 6 nitrogen and oxygen atoms in total. The van der Waals surface area contributed by atoms with Crippen molar-refractivity contribution >= 4 is 20.1 Å². The number of ether oxygens (including phenoxy) is 1. The highest BCUT2D eigenvalue weighted by Crippen LogP contribution is 2.25. The van der Waals surface area contributed by atoms with Crippen LogP contribution in [0.15, 0.2) is 11.0 Å². The first-order chi connectivity index (χ1) is 9.03. The molecule has 2 rings (SSSR count). The molecule has 0 amide bonds. The number of aromatic amines is 1. The number of rotatable bonds is 1. The normalized spacial score (nSPS) is 21.3. The number of hydrogen-bond acceptors (Lipinski definition) is 5. The molecule has 2 heterocycles. The fourth-order valence-corrected chi connectivity index (χ4v) is 1.81. The average Bonchev–Trinajstić information content (AvgIpc) is 2.77. The van der Waals surface area contributed by atoms with Gasteiger partial charge in [0, 0.05) is 19.1 Å². The highest BCUT2D eigenvalue weighted by Gasteiger charge is 2.25. The van der Waals surface area contributed by atoms with Crippen LogP contribution in [0.4, 0.5) is 0 Å². The molecule has 0 bridgehead atoms. The van der Waals surface area contributed by atoms with E-state index in [1.807, 2.05) is 0 Å². The van der Waals surface area contributed by atoms with E-state index >= 15 is 0 Å². The summed E-state index contributed by atoms with van der Waals surface area (Å²) in [6.45, 7) is -0.250. The second-order valence-electron chi connectivity index (χ2n) is 3.66. The molecule has 0 aliphatic carbocycles. The molecule has 1 unspecified atom stereocenters. The van der Waals surface area contributed by atoms with Gasteiger partial charge in [-0.2, -0.15) is 0 Å². The Labute approximate surface area is 116 Å². The number of terminal acetylenes is 1. The minimum absolute atomic E-state index is 0.238. The van der Waals surface area contributed by atoms with Gasteiger partial charge in [0.05, 0.1) is 5.56 Å². The number of nitrogens with one attached hydrogen (secondary N) is 1. The van der Waals surface area contributed by atoms with Gasteiger partial charge in [0.2, 0.25) is 0 Å². The lowest BCUT2D eigenvalue weighted by molar-refractivity contribution is -0.113. The van der Waals surface area contributed by atoms with E-state index in [0.717, 1.165) is 0 Å². The summed E-state index contributed by atoms with van der Waals surface area (Å²) in [4.78, 5) is 14.1. The molecule has 1 aliphatic heterocycles. The van der Waals surface area contributed by atoms with E-state index in [4.69, 9.17) is 28.5 Å². The zero-order valence-electron chi connectivity index (χ0n) is 10.1. The largest absolute Gasteiger partial charge is 0.406 e. The molecule has 8 heteroatoms. The van der Waals surface area contributed by atoms with E-state index in [0.29, 0.717) is 18.4 Å². The summed E-state index contributed by atoms with van der Waals surface area (Å²) in [5.41, 5.74) is 0.0442. The van der Waals surface area contributed by atoms with Crippen molar-refractivity contribution in [3.8, 4) is 12.3 Å². The molecular weight excluding hydrogens is 267 g/mol. The highest BCUT2D eigenvalue weighted by molar-refractivity contribution is 7.71. The molecule has 1 aromatic heterocycles. The van der Waals surface area contributed by atoms with Crippen LogP contribution in [0.3, 0.4) is 0 Å². The quantitative estimate of drug-likeness (QED) is 0.371. The predicted octanol–water partition coefficient (Wildman–Crippen LogP) is -0.381. The third-order valence-electron chi connectivity index (χ3n) is 2.41. The molecule has 1 aromatic rings. The van der Waals surface area contributed by atoms with Crippen LogP contribution < -0.4 is 5.69 Å². The van der Waals surface area contributed by atoms with Crippen molar-refractivity contribution in [3.05, 3.63) is 26.9 Å². The first-order valence-electron chi connectivity index (χ1n) is 5.50. The molecule has 0 aromatic carbocycles. The molecule has 3 N–H and O–H groups in total. The summed E-state index contributed by atoms with van der Waals surface area (Å²) in [6, 6.07) is 0. The smallest absolute Gasteiger partial charge is 0.328 e. The molecule has 0 saturated carbocycles. The average molecular weight is 280 g/mol. The van der Waals surface area contributed by atoms with Crippen molar-refractivity contribution in [1.82, 2.24) is 9.55 Å². The number of hydrogen-bond donors (Lipinski definition) is 3. The minimum Gasteiger partial charge on any atom is -0.406 e. The molecule has 19 heavy (non-hydrogen) atoms. The first-order valence-corrected chi connectivity index (χ1v) is 5.90. The Morgan fingerprint density at radius 2 is 2.32 bits per heavy atom. The summed E-state index contributed by atoms with van der Waals surface area (Å²) >= 11 is 4.89. The summed E-state index contributed by atoms with van der Waals surface area (Å²) in [7, 11) is 4.40. The maximum Gasteiger partial charge on any atom is 0.328 e. The zero-order chi connectivity index (χ0) is 14.4. The molecule has 1 aliphatic rings. The van der Waals surface area contributed by atoms with E-state index < -0.39 is 12.5 Å². The number of nitrogens with zero attached hydrogens (tertiary/aromatic N) is 1. The maximum absolute atomic E-state index is 11.6. The maximum atomic E-state index is 11.6. The highest BCUT2D eigenvalue weighted by atomic mass is 32.1. The standard InChI is InChI=1S/C10H10N2O3S.CH3BO/c1-2-6-5-12(10(14)11-9(6)16)7-3-4-8(13)15-7;2-1-3/h1,5,7-8,13H,3-4H2,(H,11,14,16);3H,1H2/t7?,8-;/m0./s1. The van der Waals surface area contributed by atoms with E-state index in [1.165, 1.54) is 10.8 Å². The fraction of sp³-hybridized carbons (Fsp3) is 0.455. The van der Waals surface area contributed by atoms with E-state index in [2.05, 4.69) is 18.8 Å². The minimum atomic E-state index is -0.825. The van der Waals surface area contributed by atoms with Crippen LogP contribution in [0.2, 0.25) is 0 Å². The Balaban J connectivity index is 0.000000550. The Kier molecular flexibility index (Phi) is 5.98. The van der Waals surface area contributed by atoms with Gasteiger partial charge in [0.15, 0.2) is 6.29 Å². The Hall–Kier alpha value is -1.40. The lowest BCUT2D eigenvalue weighted by Crippen LogP contribution is -2.27. The predicted molar refractivity (Wildman–Crippen MR) is 72.0 cm³/mol. The van der Waals surface area contributed by atoms with Crippen LogP contribution in [0, 0.1) is 17.0 Å². The van der Waals surface area contributed by atoms with Crippen LogP contribution in [0.1, 0.15) is 24.6 Å². The summed E-state index contributed by atoms with van der Waals surface area (Å²) in [5, 5.41) is 16.6. The number of aliphatic hydroxyl groups is 2.